The number of nitrogens with two attached hydrogens (primary N) is 1. The molecule has 0 saturated heterocycles. The second kappa shape index (κ2) is 3.86. The molecule has 1 aromatic carbocycles. The molecule has 0 saturated carbocycles. The van der Waals surface area contributed by atoms with E-state index in [2.05, 4.69) is 11.5 Å². The Hall–Kier alpha value is -1.37. The topological polar surface area (TPSA) is 61.8 Å². The molecule has 0 bridgehead atoms. The molecule has 0 aliphatic carbocycles. The molecule has 0 radical (unpaired) electrons. The largest absolute Gasteiger partial charge is 0.271 e. The van der Waals surface area contributed by atoms with Gasteiger partial charge in [0.05, 0.1) is 11.6 Å². The van der Waals surface area contributed by atoms with Crippen LogP contribution in [0.15, 0.2) is 18.2 Å². The predicted molar refractivity (Wildman–Crippen MR) is 46.9 cm³/mol. The average molecular weight is 161 g/mol. The molecule has 62 valence electrons. The first-order chi connectivity index (χ1) is 5.77. The Morgan fingerprint density at radius 1 is 1.58 bits per heavy atom. The highest BCUT2D eigenvalue weighted by atomic mass is 15.2. The summed E-state index contributed by atoms with van der Waals surface area (Å²) in [5.41, 5.74) is 5.48. The lowest BCUT2D eigenvalue weighted by molar-refractivity contribution is 0.737. The first-order valence-electron chi connectivity index (χ1n) is 3.71. The van der Waals surface area contributed by atoms with Crippen LogP contribution in [0.2, 0.25) is 0 Å². The van der Waals surface area contributed by atoms with Crippen LogP contribution in [-0.4, -0.2) is 0 Å². The van der Waals surface area contributed by atoms with Crippen molar-refractivity contribution in [2.75, 3.05) is 0 Å². The van der Waals surface area contributed by atoms with E-state index in [1.54, 1.807) is 6.07 Å². The summed E-state index contributed by atoms with van der Waals surface area (Å²) in [5, 5.41) is 8.59. The molecule has 0 aromatic heterocycles. The van der Waals surface area contributed by atoms with Crippen molar-refractivity contribution in [1.82, 2.24) is 5.43 Å². The molecule has 0 aliphatic heterocycles. The number of hydrogen-bond donors (Lipinski definition) is 2. The van der Waals surface area contributed by atoms with Gasteiger partial charge in [0.2, 0.25) is 0 Å². The Morgan fingerprint density at radius 3 is 2.83 bits per heavy atom. The molecule has 0 heterocycles. The summed E-state index contributed by atoms with van der Waals surface area (Å²) in [7, 11) is 0. The van der Waals surface area contributed by atoms with Crippen LogP contribution in [0.25, 0.3) is 0 Å². The summed E-state index contributed by atoms with van der Waals surface area (Å²) < 4.78 is 0. The van der Waals surface area contributed by atoms with E-state index in [0.29, 0.717) is 12.1 Å². The van der Waals surface area contributed by atoms with Gasteiger partial charge in [-0.1, -0.05) is 6.07 Å². The standard InChI is InChI=1S/C9H11N3/c1-7-4-8(5-10)2-3-9(7)6-12-11/h2-4,12H,6,11H2,1H3. The third-order valence-corrected chi connectivity index (χ3v) is 1.76. The second-order valence-electron chi connectivity index (χ2n) is 2.63. The van der Waals surface area contributed by atoms with E-state index < -0.39 is 0 Å². The van der Waals surface area contributed by atoms with Crippen LogP contribution in [0.1, 0.15) is 16.7 Å². The Labute approximate surface area is 71.8 Å². The lowest BCUT2D eigenvalue weighted by Gasteiger charge is -2.03. The van der Waals surface area contributed by atoms with Crippen LogP contribution < -0.4 is 11.3 Å². The van der Waals surface area contributed by atoms with Crippen molar-refractivity contribution >= 4 is 0 Å². The van der Waals surface area contributed by atoms with Crippen molar-refractivity contribution in [2.24, 2.45) is 5.84 Å². The fraction of sp³-hybridized carbons (Fsp3) is 0.222. The Kier molecular flexibility index (Phi) is 2.81. The lowest BCUT2D eigenvalue weighted by Crippen LogP contribution is -2.21. The molecule has 0 fully saturated rings. The molecule has 1 rings (SSSR count). The molecule has 3 heteroatoms. The van der Waals surface area contributed by atoms with Gasteiger partial charge in [0.25, 0.3) is 0 Å². The first-order valence-corrected chi connectivity index (χ1v) is 3.71. The van der Waals surface area contributed by atoms with Crippen molar-refractivity contribution in [2.45, 2.75) is 13.5 Å². The summed E-state index contributed by atoms with van der Waals surface area (Å²) in [4.78, 5) is 0. The van der Waals surface area contributed by atoms with Crippen molar-refractivity contribution in [3.8, 4) is 6.07 Å². The predicted octanol–water partition coefficient (Wildman–Crippen LogP) is 0.830. The van der Waals surface area contributed by atoms with Gasteiger partial charge in [-0.15, -0.1) is 0 Å². The first kappa shape index (κ1) is 8.72. The summed E-state index contributed by atoms with van der Waals surface area (Å²) in [5.74, 6) is 5.18. The molecule has 0 aliphatic rings. The zero-order valence-corrected chi connectivity index (χ0v) is 6.96. The summed E-state index contributed by atoms with van der Waals surface area (Å²) >= 11 is 0. The maximum atomic E-state index is 8.59. The Balaban J connectivity index is 2.97. The fourth-order valence-electron chi connectivity index (χ4n) is 1.07. The number of nitrogens with one attached hydrogen (secondary N) is 1. The summed E-state index contributed by atoms with van der Waals surface area (Å²) in [6.07, 6.45) is 0. The molecule has 0 atom stereocenters. The maximum Gasteiger partial charge on any atom is 0.0991 e. The molecule has 12 heavy (non-hydrogen) atoms. The van der Waals surface area contributed by atoms with E-state index in [4.69, 9.17) is 11.1 Å². The quantitative estimate of drug-likeness (QED) is 0.499. The third kappa shape index (κ3) is 1.82. The highest BCUT2D eigenvalue weighted by molar-refractivity contribution is 5.37. The highest BCUT2D eigenvalue weighted by Crippen LogP contribution is 2.09. The smallest absolute Gasteiger partial charge is 0.0991 e. The SMILES string of the molecule is Cc1cc(C#N)ccc1CNN. The van der Waals surface area contributed by atoms with Crippen LogP contribution in [0.4, 0.5) is 0 Å². The zero-order valence-electron chi connectivity index (χ0n) is 6.96. The molecular weight excluding hydrogens is 150 g/mol. The summed E-state index contributed by atoms with van der Waals surface area (Å²) in [6, 6.07) is 7.64. The number of nitrogens with zero attached hydrogens (tertiary/aromatic N) is 1. The number of benzene rings is 1. The normalized spacial score (nSPS) is 9.42. The number of nitriles is 1. The molecule has 0 amide bonds. The van der Waals surface area contributed by atoms with Crippen LogP contribution in [0.5, 0.6) is 0 Å². The Morgan fingerprint density at radius 2 is 2.33 bits per heavy atom. The van der Waals surface area contributed by atoms with Gasteiger partial charge in [-0.2, -0.15) is 5.26 Å². The molecule has 0 spiro atoms. The van der Waals surface area contributed by atoms with Crippen molar-refractivity contribution in [1.29, 1.82) is 5.26 Å². The van der Waals surface area contributed by atoms with Crippen molar-refractivity contribution in [3.05, 3.63) is 34.9 Å². The fourth-order valence-corrected chi connectivity index (χ4v) is 1.07. The van der Waals surface area contributed by atoms with Crippen molar-refractivity contribution < 1.29 is 0 Å². The average Bonchev–Trinajstić information content (AvgIpc) is 2.09. The van der Waals surface area contributed by atoms with Gasteiger partial charge in [-0.25, -0.2) is 0 Å². The van der Waals surface area contributed by atoms with E-state index in [-0.39, 0.29) is 0 Å². The minimum absolute atomic E-state index is 0.636. The number of aryl methyl sites for hydroxylation is 1. The van der Waals surface area contributed by atoms with Crippen LogP contribution in [-0.2, 0) is 6.54 Å². The monoisotopic (exact) mass is 161 g/mol. The second-order valence-corrected chi connectivity index (χ2v) is 2.63. The maximum absolute atomic E-state index is 8.59. The van der Waals surface area contributed by atoms with Crippen molar-refractivity contribution in [3.63, 3.8) is 0 Å². The highest BCUT2D eigenvalue weighted by Gasteiger charge is 1.97. The number of hydrogen-bond acceptors (Lipinski definition) is 3. The van der Waals surface area contributed by atoms with Gasteiger partial charge < -0.3 is 0 Å². The van der Waals surface area contributed by atoms with E-state index in [9.17, 15) is 0 Å². The minimum atomic E-state index is 0.636. The molecule has 1 aromatic rings. The van der Waals surface area contributed by atoms with Crippen LogP contribution in [0.3, 0.4) is 0 Å². The van der Waals surface area contributed by atoms with Gasteiger partial charge in [0, 0.05) is 6.54 Å². The molecule has 0 unspecified atom stereocenters. The third-order valence-electron chi connectivity index (χ3n) is 1.76. The molecule has 3 N–H and O–H groups in total. The lowest BCUT2D eigenvalue weighted by atomic mass is 10.1. The van der Waals surface area contributed by atoms with Gasteiger partial charge in [-0.3, -0.25) is 11.3 Å². The van der Waals surface area contributed by atoms with Crippen LogP contribution in [0, 0.1) is 18.3 Å². The van der Waals surface area contributed by atoms with E-state index in [0.717, 1.165) is 11.1 Å². The van der Waals surface area contributed by atoms with E-state index >= 15 is 0 Å². The van der Waals surface area contributed by atoms with Crippen LogP contribution >= 0.6 is 0 Å². The van der Waals surface area contributed by atoms with E-state index in [1.165, 1.54) is 0 Å². The Bertz CT molecular complexity index is 312. The zero-order chi connectivity index (χ0) is 8.97. The summed E-state index contributed by atoms with van der Waals surface area (Å²) in [6.45, 7) is 2.60. The van der Waals surface area contributed by atoms with E-state index in [1.807, 2.05) is 19.1 Å². The molecular formula is C9H11N3. The number of hydrazine groups is 1. The van der Waals surface area contributed by atoms with Gasteiger partial charge >= 0.3 is 0 Å². The molecule has 3 nitrogen and oxygen atoms in total. The number of rotatable bonds is 2. The van der Waals surface area contributed by atoms with Gasteiger partial charge in [0.1, 0.15) is 0 Å². The van der Waals surface area contributed by atoms with Gasteiger partial charge in [0.15, 0.2) is 0 Å². The minimum Gasteiger partial charge on any atom is -0.271 e. The van der Waals surface area contributed by atoms with Gasteiger partial charge in [-0.05, 0) is 30.2 Å².